The number of carbonyl (C=O) groups is 2. The Morgan fingerprint density at radius 2 is 1.96 bits per heavy atom. The number of amides is 1. The third-order valence-corrected chi connectivity index (χ3v) is 5.54. The third-order valence-electron chi connectivity index (χ3n) is 5.54. The number of carbonyl (C=O) groups excluding carboxylic acids is 2. The highest BCUT2D eigenvalue weighted by atomic mass is 16.7. The van der Waals surface area contributed by atoms with Crippen molar-refractivity contribution in [3.05, 3.63) is 34.9 Å². The van der Waals surface area contributed by atoms with E-state index in [1.165, 1.54) is 5.56 Å². The van der Waals surface area contributed by atoms with Gasteiger partial charge in [-0.2, -0.15) is 0 Å². The van der Waals surface area contributed by atoms with Crippen LogP contribution >= 0.6 is 0 Å². The Morgan fingerprint density at radius 1 is 1.13 bits per heavy atom. The van der Waals surface area contributed by atoms with Crippen LogP contribution in [0, 0.1) is 0 Å². The molecule has 0 N–H and O–H groups in total. The minimum absolute atomic E-state index is 0.136. The predicted octanol–water partition coefficient (Wildman–Crippen LogP) is 2.08. The van der Waals surface area contributed by atoms with Gasteiger partial charge in [-0.1, -0.05) is 6.08 Å². The lowest BCUT2D eigenvalue weighted by atomic mass is 9.73. The molecule has 5 rings (SSSR count). The predicted molar refractivity (Wildman–Crippen MR) is 81.2 cm³/mol. The van der Waals surface area contributed by atoms with Crippen molar-refractivity contribution in [1.82, 2.24) is 4.90 Å². The van der Waals surface area contributed by atoms with Gasteiger partial charge in [-0.15, -0.1) is 0 Å². The highest BCUT2D eigenvalue weighted by Crippen LogP contribution is 2.53. The maximum atomic E-state index is 12.6. The topological polar surface area (TPSA) is 55.8 Å². The summed E-state index contributed by atoms with van der Waals surface area (Å²) in [5.41, 5.74) is 2.74. The number of rotatable bonds is 0. The number of Topliss-reactive ketones (excluding diaryl/α,β-unsaturated/α-hetero) is 1. The molecular formula is C18H17NO4. The average molecular weight is 311 g/mol. The molecule has 23 heavy (non-hydrogen) atoms. The van der Waals surface area contributed by atoms with E-state index < -0.39 is 5.54 Å². The van der Waals surface area contributed by atoms with E-state index >= 15 is 0 Å². The molecule has 0 bridgehead atoms. The van der Waals surface area contributed by atoms with Crippen LogP contribution in [0.3, 0.4) is 0 Å². The number of ether oxygens (including phenoxy) is 2. The second-order valence-corrected chi connectivity index (χ2v) is 6.70. The average Bonchev–Trinajstić information content (AvgIpc) is 3.05. The van der Waals surface area contributed by atoms with Crippen LogP contribution in [-0.2, 0) is 21.5 Å². The van der Waals surface area contributed by atoms with Gasteiger partial charge < -0.3 is 14.4 Å². The van der Waals surface area contributed by atoms with Gasteiger partial charge in [0.25, 0.3) is 0 Å². The van der Waals surface area contributed by atoms with Crippen molar-refractivity contribution in [2.24, 2.45) is 0 Å². The molecule has 4 aliphatic rings. The summed E-state index contributed by atoms with van der Waals surface area (Å²) < 4.78 is 11.1. The standard InChI is InChI=1S/C18H17NO4/c20-13-4-3-12-7-17(21)19-5-1-2-11-6-15-16(23-10-22-15)8-14(11)18(12,19)9-13/h3,6,8H,1-2,4-5,7,9-10H2/t18-/m0/s1. The molecule has 1 saturated heterocycles. The molecule has 0 radical (unpaired) electrons. The first-order valence-corrected chi connectivity index (χ1v) is 8.13. The second-order valence-electron chi connectivity index (χ2n) is 6.70. The summed E-state index contributed by atoms with van der Waals surface area (Å²) in [6.45, 7) is 0.931. The van der Waals surface area contributed by atoms with E-state index in [4.69, 9.17) is 9.47 Å². The zero-order chi connectivity index (χ0) is 15.6. The van der Waals surface area contributed by atoms with Gasteiger partial charge in [-0.3, -0.25) is 9.59 Å². The maximum Gasteiger partial charge on any atom is 0.231 e. The molecule has 1 fully saturated rings. The van der Waals surface area contributed by atoms with Crippen LogP contribution in [-0.4, -0.2) is 29.9 Å². The largest absolute Gasteiger partial charge is 0.454 e. The molecule has 1 atom stereocenters. The smallest absolute Gasteiger partial charge is 0.231 e. The van der Waals surface area contributed by atoms with E-state index in [-0.39, 0.29) is 18.5 Å². The van der Waals surface area contributed by atoms with Gasteiger partial charge in [0, 0.05) is 19.4 Å². The molecule has 5 heteroatoms. The monoisotopic (exact) mass is 311 g/mol. The van der Waals surface area contributed by atoms with Crippen molar-refractivity contribution in [3.63, 3.8) is 0 Å². The quantitative estimate of drug-likeness (QED) is 0.688. The van der Waals surface area contributed by atoms with Crippen LogP contribution in [0.4, 0.5) is 0 Å². The van der Waals surface area contributed by atoms with Crippen molar-refractivity contribution in [3.8, 4) is 11.5 Å². The first-order chi connectivity index (χ1) is 11.2. The van der Waals surface area contributed by atoms with E-state index in [2.05, 4.69) is 0 Å². The summed E-state index contributed by atoms with van der Waals surface area (Å²) in [4.78, 5) is 26.8. The van der Waals surface area contributed by atoms with Crippen molar-refractivity contribution >= 4 is 11.7 Å². The fourth-order valence-corrected chi connectivity index (χ4v) is 4.57. The fraction of sp³-hybridized carbons (Fsp3) is 0.444. The lowest BCUT2D eigenvalue weighted by molar-refractivity contribution is -0.133. The summed E-state index contributed by atoms with van der Waals surface area (Å²) in [6.07, 6.45) is 5.03. The molecule has 1 aromatic rings. The Labute approximate surface area is 133 Å². The number of hydrogen-bond donors (Lipinski definition) is 0. The fourth-order valence-electron chi connectivity index (χ4n) is 4.57. The summed E-state index contributed by atoms with van der Waals surface area (Å²) in [5, 5.41) is 0. The molecule has 0 saturated carbocycles. The molecule has 1 spiro atoms. The Kier molecular flexibility index (Phi) is 2.50. The summed E-state index contributed by atoms with van der Waals surface area (Å²) >= 11 is 0. The Hall–Kier alpha value is -2.30. The number of nitrogens with zero attached hydrogens (tertiary/aromatic N) is 1. The zero-order valence-corrected chi connectivity index (χ0v) is 12.8. The molecule has 3 aliphatic heterocycles. The van der Waals surface area contributed by atoms with Crippen molar-refractivity contribution in [2.75, 3.05) is 13.3 Å². The molecule has 118 valence electrons. The highest BCUT2D eigenvalue weighted by Gasteiger charge is 2.54. The van der Waals surface area contributed by atoms with E-state index in [0.29, 0.717) is 25.8 Å². The molecule has 3 heterocycles. The van der Waals surface area contributed by atoms with Crippen LogP contribution in [0.25, 0.3) is 0 Å². The van der Waals surface area contributed by atoms with E-state index in [1.807, 2.05) is 23.1 Å². The van der Waals surface area contributed by atoms with E-state index in [1.54, 1.807) is 0 Å². The van der Waals surface area contributed by atoms with Crippen molar-refractivity contribution in [1.29, 1.82) is 0 Å². The van der Waals surface area contributed by atoms with Crippen LogP contribution in [0.15, 0.2) is 23.8 Å². The van der Waals surface area contributed by atoms with Gasteiger partial charge in [0.2, 0.25) is 12.7 Å². The molecule has 1 amide bonds. The first kappa shape index (κ1) is 13.2. The molecular weight excluding hydrogens is 294 g/mol. The Morgan fingerprint density at radius 3 is 2.83 bits per heavy atom. The number of ketones is 1. The minimum Gasteiger partial charge on any atom is -0.454 e. The third kappa shape index (κ3) is 1.62. The van der Waals surface area contributed by atoms with Gasteiger partial charge in [-0.25, -0.2) is 0 Å². The van der Waals surface area contributed by atoms with Gasteiger partial charge >= 0.3 is 0 Å². The van der Waals surface area contributed by atoms with Gasteiger partial charge in [0.1, 0.15) is 5.78 Å². The molecule has 0 unspecified atom stereocenters. The van der Waals surface area contributed by atoms with Gasteiger partial charge in [-0.05, 0) is 41.7 Å². The zero-order valence-electron chi connectivity index (χ0n) is 12.8. The van der Waals surface area contributed by atoms with Crippen LogP contribution < -0.4 is 9.47 Å². The number of allylic oxidation sites excluding steroid dienone is 1. The van der Waals surface area contributed by atoms with Crippen LogP contribution in [0.1, 0.15) is 36.8 Å². The first-order valence-electron chi connectivity index (χ1n) is 8.13. The molecule has 1 aromatic carbocycles. The number of aryl methyl sites for hydroxylation is 1. The number of fused-ring (bicyclic) bond motifs is 2. The van der Waals surface area contributed by atoms with Gasteiger partial charge in [0.15, 0.2) is 11.5 Å². The lowest BCUT2D eigenvalue weighted by Crippen LogP contribution is -2.46. The van der Waals surface area contributed by atoms with Crippen molar-refractivity contribution < 1.29 is 19.1 Å². The van der Waals surface area contributed by atoms with Crippen LogP contribution in [0.5, 0.6) is 11.5 Å². The summed E-state index contributed by atoms with van der Waals surface area (Å²) in [6, 6.07) is 4.04. The summed E-state index contributed by atoms with van der Waals surface area (Å²) in [5.74, 6) is 1.82. The molecule has 5 nitrogen and oxygen atoms in total. The van der Waals surface area contributed by atoms with Gasteiger partial charge in [0.05, 0.1) is 12.0 Å². The van der Waals surface area contributed by atoms with E-state index in [0.717, 1.165) is 35.5 Å². The Bertz CT molecular complexity index is 781. The van der Waals surface area contributed by atoms with Crippen LogP contribution in [0.2, 0.25) is 0 Å². The van der Waals surface area contributed by atoms with Crippen molar-refractivity contribution in [2.45, 2.75) is 37.6 Å². The molecule has 1 aliphatic carbocycles. The highest BCUT2D eigenvalue weighted by molar-refractivity contribution is 5.92. The minimum atomic E-state index is -0.584. The number of hydrogen-bond acceptors (Lipinski definition) is 4. The second kappa shape index (κ2) is 4.37. The normalized spacial score (nSPS) is 28.0. The Balaban J connectivity index is 1.80. The van der Waals surface area contributed by atoms with E-state index in [9.17, 15) is 9.59 Å². The lowest BCUT2D eigenvalue weighted by Gasteiger charge is -2.41. The number of benzene rings is 1. The maximum absolute atomic E-state index is 12.6. The summed E-state index contributed by atoms with van der Waals surface area (Å²) in [7, 11) is 0. The molecule has 0 aromatic heterocycles. The SMILES string of the molecule is O=C1CC=C2CC(=O)N3CCCc4cc5c(cc4[C@]23C1)OCO5.